The molecule has 11 nitrogen and oxygen atoms in total. The molecule has 11 heteroatoms. The number of ether oxygens (including phenoxy) is 2. The zero-order valence-corrected chi connectivity index (χ0v) is 23.3. The molecule has 3 aromatic rings. The molecule has 40 heavy (non-hydrogen) atoms. The number of anilines is 2. The van der Waals surface area contributed by atoms with Crippen LogP contribution in [0.2, 0.25) is 0 Å². The van der Waals surface area contributed by atoms with Crippen LogP contribution in [0.3, 0.4) is 0 Å². The second kappa shape index (κ2) is 15.0. The lowest BCUT2D eigenvalue weighted by Crippen LogP contribution is -2.37. The summed E-state index contributed by atoms with van der Waals surface area (Å²) in [5, 5.41) is 16.3. The fourth-order valence-corrected chi connectivity index (χ4v) is 4.66. The number of aromatic nitrogens is 4. The zero-order chi connectivity index (χ0) is 28.2. The van der Waals surface area contributed by atoms with Gasteiger partial charge in [-0.3, -0.25) is 9.88 Å². The van der Waals surface area contributed by atoms with Gasteiger partial charge in [0.2, 0.25) is 0 Å². The van der Waals surface area contributed by atoms with Crippen LogP contribution in [0.4, 0.5) is 11.6 Å². The van der Waals surface area contributed by atoms with Crippen LogP contribution in [-0.2, 0) is 17.6 Å². The Morgan fingerprint density at radius 2 is 2.02 bits per heavy atom. The van der Waals surface area contributed by atoms with Crippen molar-refractivity contribution >= 4 is 17.6 Å². The first-order chi connectivity index (χ1) is 19.5. The van der Waals surface area contributed by atoms with Crippen LogP contribution >= 0.6 is 0 Å². The molecule has 1 aliphatic heterocycles. The van der Waals surface area contributed by atoms with E-state index in [1.807, 2.05) is 19.1 Å². The van der Waals surface area contributed by atoms with Gasteiger partial charge >= 0.3 is 12.0 Å². The highest BCUT2D eigenvalue weighted by Gasteiger charge is 2.20. The van der Waals surface area contributed by atoms with E-state index < -0.39 is 12.0 Å². The molecule has 0 bridgehead atoms. The zero-order valence-electron chi connectivity index (χ0n) is 23.3. The average molecular weight is 550 g/mol. The molecule has 3 aromatic heterocycles. The Balaban J connectivity index is 1.31. The lowest BCUT2D eigenvalue weighted by Gasteiger charge is -2.25. The number of hydrogen-bond donors (Lipinski definition) is 3. The maximum atomic E-state index is 12.0. The van der Waals surface area contributed by atoms with Crippen LogP contribution in [0, 0.1) is 6.92 Å². The Morgan fingerprint density at radius 1 is 1.12 bits per heavy atom. The molecule has 1 atom stereocenters. The van der Waals surface area contributed by atoms with Crippen LogP contribution in [0.1, 0.15) is 42.6 Å². The normalized spacial score (nSPS) is 13.3. The number of rotatable bonds is 16. The number of nitrogens with one attached hydrogen (secondary N) is 2. The molecule has 0 amide bonds. The number of nitrogens with zero attached hydrogens (tertiary/aromatic N) is 5. The van der Waals surface area contributed by atoms with Crippen LogP contribution in [-0.4, -0.2) is 81.8 Å². The summed E-state index contributed by atoms with van der Waals surface area (Å²) in [5.74, 6) is 1.26. The smallest absolute Gasteiger partial charge is 0.326 e. The van der Waals surface area contributed by atoms with Crippen molar-refractivity contribution in [3.8, 4) is 11.8 Å². The highest BCUT2D eigenvalue weighted by Crippen LogP contribution is 2.20. The van der Waals surface area contributed by atoms with Crippen molar-refractivity contribution in [2.45, 2.75) is 51.5 Å². The predicted octanol–water partition coefficient (Wildman–Crippen LogP) is 3.60. The van der Waals surface area contributed by atoms with E-state index in [1.54, 1.807) is 12.3 Å². The molecular weight excluding hydrogens is 510 g/mol. The lowest BCUT2D eigenvalue weighted by molar-refractivity contribution is -0.138. The molecule has 0 radical (unpaired) electrons. The molecule has 0 saturated heterocycles. The summed E-state index contributed by atoms with van der Waals surface area (Å²) in [4.78, 5) is 31.5. The molecule has 3 N–H and O–H groups in total. The summed E-state index contributed by atoms with van der Waals surface area (Å²) in [6, 6.07) is 9.10. The monoisotopic (exact) mass is 549 g/mol. The maximum Gasteiger partial charge on any atom is 0.326 e. The van der Waals surface area contributed by atoms with E-state index in [1.165, 1.54) is 18.9 Å². The first-order valence-corrected chi connectivity index (χ1v) is 13.9. The minimum absolute atomic E-state index is 0.183. The fourth-order valence-electron chi connectivity index (χ4n) is 4.66. The molecule has 0 saturated carbocycles. The third-order valence-corrected chi connectivity index (χ3v) is 6.90. The van der Waals surface area contributed by atoms with Gasteiger partial charge in [-0.2, -0.15) is 4.98 Å². The van der Waals surface area contributed by atoms with Gasteiger partial charge in [-0.05, 0) is 81.8 Å². The van der Waals surface area contributed by atoms with Crippen molar-refractivity contribution in [1.29, 1.82) is 0 Å². The first-order valence-electron chi connectivity index (χ1n) is 13.9. The fraction of sp³-hybridized carbons (Fsp3) is 0.483. The third-order valence-electron chi connectivity index (χ3n) is 6.90. The molecular formula is C29H39N7O4. The van der Waals surface area contributed by atoms with Crippen LogP contribution < -0.4 is 20.1 Å². The predicted molar refractivity (Wildman–Crippen MR) is 153 cm³/mol. The van der Waals surface area contributed by atoms with Crippen molar-refractivity contribution in [3.63, 3.8) is 0 Å². The van der Waals surface area contributed by atoms with E-state index in [0.717, 1.165) is 68.1 Å². The number of unbranched alkanes of at least 4 members (excludes halogenated alkanes) is 1. The molecule has 4 rings (SSSR count). The van der Waals surface area contributed by atoms with E-state index >= 15 is 0 Å². The van der Waals surface area contributed by atoms with Gasteiger partial charge in [-0.15, -0.1) is 0 Å². The van der Waals surface area contributed by atoms with Crippen molar-refractivity contribution in [2.24, 2.45) is 0 Å². The molecule has 0 fully saturated rings. The Morgan fingerprint density at radius 3 is 2.85 bits per heavy atom. The molecule has 0 aromatic carbocycles. The Hall–Kier alpha value is -3.99. The average Bonchev–Trinajstić information content (AvgIpc) is 2.97. The Kier molecular flexibility index (Phi) is 10.9. The number of pyridine rings is 2. The topological polar surface area (TPSA) is 135 Å². The van der Waals surface area contributed by atoms with E-state index in [4.69, 9.17) is 14.5 Å². The second-order valence-corrected chi connectivity index (χ2v) is 9.83. The van der Waals surface area contributed by atoms with E-state index in [-0.39, 0.29) is 6.01 Å². The Bertz CT molecular complexity index is 1240. The van der Waals surface area contributed by atoms with Crippen molar-refractivity contribution in [1.82, 2.24) is 24.8 Å². The number of carboxylic acid groups (broad SMARTS) is 1. The first kappa shape index (κ1) is 29.0. The maximum absolute atomic E-state index is 12.0. The largest absolute Gasteiger partial charge is 0.490 e. The molecule has 4 heterocycles. The van der Waals surface area contributed by atoms with Crippen LogP contribution in [0.5, 0.6) is 11.8 Å². The summed E-state index contributed by atoms with van der Waals surface area (Å²) in [7, 11) is 1.47. The number of fused-ring (bicyclic) bond motifs is 1. The van der Waals surface area contributed by atoms with Gasteiger partial charge in [0.05, 0.1) is 12.8 Å². The summed E-state index contributed by atoms with van der Waals surface area (Å²) in [6.45, 7) is 5.47. The van der Waals surface area contributed by atoms with E-state index in [0.29, 0.717) is 31.9 Å². The SMILES string of the molecule is COc1nccc(N[C@@H](CCN(CCCCc2ccc3c(n2)NCCC3)CCOc2cccnc2C)C(=O)O)n1. The van der Waals surface area contributed by atoms with Gasteiger partial charge in [0.25, 0.3) is 0 Å². The number of hydrogen-bond acceptors (Lipinski definition) is 10. The quantitative estimate of drug-likeness (QED) is 0.226. The minimum atomic E-state index is -0.938. The molecule has 0 aliphatic carbocycles. The standard InChI is InChI=1S/C29H39N7O4/c1-21-25(9-6-14-30-21)40-20-19-36(17-4-3-8-23-11-10-22-7-5-15-31-27(22)33-23)18-13-24(28(37)38)34-26-12-16-32-29(35-26)39-2/h6,9-12,14,16,24H,3-5,7-8,13,15,17-20H2,1-2H3,(H,31,33)(H,37,38)(H,32,34,35)/t24-/m0/s1. The van der Waals surface area contributed by atoms with Gasteiger partial charge < -0.3 is 25.2 Å². The summed E-state index contributed by atoms with van der Waals surface area (Å²) >= 11 is 0. The van der Waals surface area contributed by atoms with Crippen LogP contribution in [0.25, 0.3) is 0 Å². The minimum Gasteiger partial charge on any atom is -0.490 e. The summed E-state index contributed by atoms with van der Waals surface area (Å²) < 4.78 is 11.0. The van der Waals surface area contributed by atoms with E-state index in [9.17, 15) is 9.90 Å². The van der Waals surface area contributed by atoms with Gasteiger partial charge in [-0.1, -0.05) is 6.07 Å². The highest BCUT2D eigenvalue weighted by molar-refractivity contribution is 5.76. The van der Waals surface area contributed by atoms with Gasteiger partial charge in [0.1, 0.15) is 30.0 Å². The molecule has 1 aliphatic rings. The van der Waals surface area contributed by atoms with Crippen molar-refractivity contribution in [2.75, 3.05) is 50.5 Å². The molecule has 0 spiro atoms. The van der Waals surface area contributed by atoms with Gasteiger partial charge in [0, 0.05) is 37.7 Å². The van der Waals surface area contributed by atoms with Crippen molar-refractivity contribution < 1.29 is 19.4 Å². The number of aliphatic carboxylic acids is 1. The van der Waals surface area contributed by atoms with Crippen LogP contribution in [0.15, 0.2) is 42.7 Å². The summed E-state index contributed by atoms with van der Waals surface area (Å²) in [6.07, 6.45) is 8.77. The number of aryl methyl sites for hydroxylation is 3. The lowest BCUT2D eigenvalue weighted by atomic mass is 10.1. The van der Waals surface area contributed by atoms with Gasteiger partial charge in [0.15, 0.2) is 0 Å². The number of methoxy groups -OCH3 is 1. The number of carboxylic acids is 1. The number of carbonyl (C=O) groups is 1. The third kappa shape index (κ3) is 8.77. The molecule has 0 unspecified atom stereocenters. The van der Waals surface area contributed by atoms with Gasteiger partial charge in [-0.25, -0.2) is 14.8 Å². The second-order valence-electron chi connectivity index (χ2n) is 9.83. The Labute approximate surface area is 235 Å². The summed E-state index contributed by atoms with van der Waals surface area (Å²) in [5.41, 5.74) is 3.24. The molecule has 214 valence electrons. The highest BCUT2D eigenvalue weighted by atomic mass is 16.5. The van der Waals surface area contributed by atoms with E-state index in [2.05, 4.69) is 42.6 Å². The van der Waals surface area contributed by atoms with Crippen molar-refractivity contribution in [3.05, 3.63) is 59.7 Å².